The van der Waals surface area contributed by atoms with E-state index < -0.39 is 33.2 Å². The Hall–Kier alpha value is -0.540. The fourth-order valence-electron chi connectivity index (χ4n) is 9.42. The normalized spacial score (nSPS) is 13.5. The first kappa shape index (κ1) is 68.5. The SMILES string of the molecule is CCCCCCCCCCCCCCCCCCCCCCCCCCCCCCCCCCCCCCC(=O)O[C@H](COCCCCCCCCCCCCCC)COP(=O)(O)OC[C@@H](O)CO. The van der Waals surface area contributed by atoms with E-state index in [1.54, 1.807) is 0 Å². The van der Waals surface area contributed by atoms with Crippen LogP contribution in [0.1, 0.15) is 328 Å². The van der Waals surface area contributed by atoms with Gasteiger partial charge in [-0.1, -0.05) is 309 Å². The van der Waals surface area contributed by atoms with Crippen LogP contribution in [0.3, 0.4) is 0 Å². The number of hydrogen-bond donors (Lipinski definition) is 3. The van der Waals surface area contributed by atoms with Gasteiger partial charge in [0, 0.05) is 13.0 Å². The van der Waals surface area contributed by atoms with Gasteiger partial charge in [-0.05, 0) is 12.8 Å². The van der Waals surface area contributed by atoms with Gasteiger partial charge < -0.3 is 24.6 Å². The zero-order chi connectivity index (χ0) is 50.2. The van der Waals surface area contributed by atoms with E-state index in [1.165, 1.54) is 276 Å². The maximum Gasteiger partial charge on any atom is 0.472 e. The van der Waals surface area contributed by atoms with E-state index in [9.17, 15) is 19.4 Å². The van der Waals surface area contributed by atoms with Crippen LogP contribution in [0.2, 0.25) is 0 Å². The number of ether oxygens (including phenoxy) is 2. The predicted molar refractivity (Wildman–Crippen MR) is 293 cm³/mol. The first-order chi connectivity index (χ1) is 33.8. The standard InChI is InChI=1S/C59H119O9P/c1-3-5-7-9-11-13-15-17-18-19-20-21-22-23-24-25-26-27-28-29-30-31-32-33-34-35-36-37-38-39-40-41-43-45-47-49-51-59(62)68-58(56-67-69(63,64)66-54-57(61)53-60)55-65-52-50-48-46-44-42-16-14-12-10-8-6-4-2/h57-58,60-61H,3-56H2,1-2H3,(H,63,64)/t57-,58+/m0/s1. The number of carbonyl (C=O) groups excluding carboxylic acids is 1. The van der Waals surface area contributed by atoms with Gasteiger partial charge in [-0.15, -0.1) is 0 Å². The Morgan fingerprint density at radius 1 is 0.391 bits per heavy atom. The highest BCUT2D eigenvalue weighted by Crippen LogP contribution is 2.43. The van der Waals surface area contributed by atoms with Gasteiger partial charge in [-0.3, -0.25) is 13.8 Å². The third kappa shape index (κ3) is 56.6. The van der Waals surface area contributed by atoms with Gasteiger partial charge in [0.15, 0.2) is 0 Å². The van der Waals surface area contributed by atoms with E-state index in [2.05, 4.69) is 13.8 Å². The minimum atomic E-state index is -4.52. The summed E-state index contributed by atoms with van der Waals surface area (Å²) in [7, 11) is -4.52. The largest absolute Gasteiger partial charge is 0.472 e. The highest BCUT2D eigenvalue weighted by atomic mass is 31.2. The molecule has 0 saturated heterocycles. The molecule has 0 fully saturated rings. The van der Waals surface area contributed by atoms with Gasteiger partial charge >= 0.3 is 13.8 Å². The van der Waals surface area contributed by atoms with Crippen molar-refractivity contribution in [3.8, 4) is 0 Å². The summed E-state index contributed by atoms with van der Waals surface area (Å²) in [6.45, 7) is 3.60. The zero-order valence-electron chi connectivity index (χ0n) is 46.1. The Morgan fingerprint density at radius 2 is 0.652 bits per heavy atom. The molecule has 3 N–H and O–H groups in total. The van der Waals surface area contributed by atoms with Crippen LogP contribution >= 0.6 is 7.82 Å². The summed E-state index contributed by atoms with van der Waals surface area (Å²) >= 11 is 0. The second-order valence-electron chi connectivity index (χ2n) is 21.1. The van der Waals surface area contributed by atoms with E-state index in [-0.39, 0.29) is 25.6 Å². The quantitative estimate of drug-likeness (QED) is 0.0310. The van der Waals surface area contributed by atoms with Crippen LogP contribution in [0.4, 0.5) is 0 Å². The molecule has 69 heavy (non-hydrogen) atoms. The smallest absolute Gasteiger partial charge is 0.457 e. The van der Waals surface area contributed by atoms with Crippen LogP contribution in [0, 0.1) is 0 Å². The van der Waals surface area contributed by atoms with Crippen molar-refractivity contribution in [2.24, 2.45) is 0 Å². The number of carbonyl (C=O) groups is 1. The Kier molecular flexibility index (Phi) is 56.3. The highest BCUT2D eigenvalue weighted by molar-refractivity contribution is 7.47. The average molecular weight is 1000 g/mol. The van der Waals surface area contributed by atoms with E-state index in [0.29, 0.717) is 6.61 Å². The summed E-state index contributed by atoms with van der Waals surface area (Å²) < 4.78 is 33.5. The number of esters is 1. The Bertz CT molecular complexity index is 1050. The lowest BCUT2D eigenvalue weighted by molar-refractivity contribution is -0.154. The molecule has 0 aromatic rings. The fraction of sp³-hybridized carbons (Fsp3) is 0.983. The maximum absolute atomic E-state index is 12.7. The molecule has 0 bridgehead atoms. The summed E-state index contributed by atoms with van der Waals surface area (Å²) in [5.74, 6) is -0.372. The molecule has 0 aromatic carbocycles. The third-order valence-corrected chi connectivity index (χ3v) is 15.0. The molecule has 414 valence electrons. The van der Waals surface area contributed by atoms with Crippen molar-refractivity contribution in [2.45, 2.75) is 341 Å². The number of phosphoric ester groups is 1. The molecular weight excluding hydrogens is 884 g/mol. The van der Waals surface area contributed by atoms with E-state index in [0.717, 1.165) is 32.1 Å². The number of aliphatic hydroxyl groups excluding tert-OH is 2. The molecule has 10 heteroatoms. The molecule has 0 aliphatic carbocycles. The van der Waals surface area contributed by atoms with Crippen LogP contribution < -0.4 is 0 Å². The lowest BCUT2D eigenvalue weighted by atomic mass is 10.0. The molecule has 0 rings (SSSR count). The lowest BCUT2D eigenvalue weighted by Gasteiger charge is -2.20. The number of hydrogen-bond acceptors (Lipinski definition) is 8. The molecule has 0 spiro atoms. The molecule has 1 unspecified atom stereocenters. The van der Waals surface area contributed by atoms with E-state index in [1.807, 2.05) is 0 Å². The summed E-state index contributed by atoms with van der Waals surface area (Å²) in [5.41, 5.74) is 0. The van der Waals surface area contributed by atoms with Gasteiger partial charge in [0.1, 0.15) is 12.2 Å². The van der Waals surface area contributed by atoms with Gasteiger partial charge in [0.2, 0.25) is 0 Å². The predicted octanol–water partition coefficient (Wildman–Crippen LogP) is 18.6. The van der Waals surface area contributed by atoms with E-state index in [4.69, 9.17) is 23.6 Å². The van der Waals surface area contributed by atoms with Crippen molar-refractivity contribution in [1.82, 2.24) is 0 Å². The minimum Gasteiger partial charge on any atom is -0.457 e. The number of phosphoric acid groups is 1. The molecule has 0 aromatic heterocycles. The van der Waals surface area contributed by atoms with Crippen LogP contribution in [-0.2, 0) is 27.9 Å². The molecule has 0 saturated carbocycles. The van der Waals surface area contributed by atoms with Crippen molar-refractivity contribution < 1.29 is 43.0 Å². The van der Waals surface area contributed by atoms with Crippen molar-refractivity contribution in [2.75, 3.05) is 33.0 Å². The Morgan fingerprint density at radius 3 is 0.942 bits per heavy atom. The second-order valence-corrected chi connectivity index (χ2v) is 22.6. The monoisotopic (exact) mass is 1000 g/mol. The summed E-state index contributed by atoms with van der Waals surface area (Å²) in [5, 5.41) is 18.4. The second kappa shape index (κ2) is 56.8. The van der Waals surface area contributed by atoms with Gasteiger partial charge in [0.05, 0.1) is 26.4 Å². The molecular formula is C59H119O9P. The summed E-state index contributed by atoms with van der Waals surface area (Å²) in [6, 6.07) is 0. The van der Waals surface area contributed by atoms with Gasteiger partial charge in [-0.2, -0.15) is 0 Å². The van der Waals surface area contributed by atoms with Crippen molar-refractivity contribution >= 4 is 13.8 Å². The fourth-order valence-corrected chi connectivity index (χ4v) is 10.2. The van der Waals surface area contributed by atoms with Crippen molar-refractivity contribution in [3.05, 3.63) is 0 Å². The molecule has 9 nitrogen and oxygen atoms in total. The van der Waals surface area contributed by atoms with Crippen LogP contribution in [-0.4, -0.2) is 66.3 Å². The molecule has 3 atom stereocenters. The molecule has 0 heterocycles. The summed E-state index contributed by atoms with van der Waals surface area (Å²) in [4.78, 5) is 22.7. The summed E-state index contributed by atoms with van der Waals surface area (Å²) in [6.07, 6.45) is 62.7. The highest BCUT2D eigenvalue weighted by Gasteiger charge is 2.26. The first-order valence-electron chi connectivity index (χ1n) is 30.5. The van der Waals surface area contributed by atoms with Crippen molar-refractivity contribution in [1.29, 1.82) is 0 Å². The third-order valence-electron chi connectivity index (χ3n) is 14.0. The van der Waals surface area contributed by atoms with Crippen LogP contribution in [0.15, 0.2) is 0 Å². The molecule has 0 aliphatic heterocycles. The number of unbranched alkanes of at least 4 members (excludes halogenated alkanes) is 46. The van der Waals surface area contributed by atoms with Crippen molar-refractivity contribution in [3.63, 3.8) is 0 Å². The maximum atomic E-state index is 12.7. The Labute approximate surface area is 428 Å². The molecule has 0 radical (unpaired) electrons. The molecule has 0 amide bonds. The van der Waals surface area contributed by atoms with Crippen LogP contribution in [0.5, 0.6) is 0 Å². The minimum absolute atomic E-state index is 0.0583. The average Bonchev–Trinajstić information content (AvgIpc) is 3.34. The van der Waals surface area contributed by atoms with E-state index >= 15 is 0 Å². The number of rotatable bonds is 60. The molecule has 0 aliphatic rings. The first-order valence-corrected chi connectivity index (χ1v) is 32.0. The topological polar surface area (TPSA) is 132 Å². The number of aliphatic hydroxyl groups is 2. The zero-order valence-corrected chi connectivity index (χ0v) is 47.0. The van der Waals surface area contributed by atoms with Crippen LogP contribution in [0.25, 0.3) is 0 Å². The Balaban J connectivity index is 3.72. The lowest BCUT2D eigenvalue weighted by Crippen LogP contribution is -2.29. The van der Waals surface area contributed by atoms with Gasteiger partial charge in [0.25, 0.3) is 0 Å². The van der Waals surface area contributed by atoms with Gasteiger partial charge in [-0.25, -0.2) is 4.57 Å².